The summed E-state index contributed by atoms with van der Waals surface area (Å²) in [6.45, 7) is 12.7. The summed E-state index contributed by atoms with van der Waals surface area (Å²) >= 11 is 0. The van der Waals surface area contributed by atoms with Crippen LogP contribution in [-0.2, 0) is 19.1 Å². The van der Waals surface area contributed by atoms with Gasteiger partial charge in [0.1, 0.15) is 24.4 Å². The quantitative estimate of drug-likeness (QED) is 0.188. The van der Waals surface area contributed by atoms with Gasteiger partial charge in [-0.2, -0.15) is 0 Å². The van der Waals surface area contributed by atoms with Gasteiger partial charge in [-0.3, -0.25) is 9.59 Å². The van der Waals surface area contributed by atoms with E-state index in [-0.39, 0.29) is 34.7 Å². The first-order valence-electron chi connectivity index (χ1n) is 17.5. The van der Waals surface area contributed by atoms with Gasteiger partial charge >= 0.3 is 11.9 Å². The Bertz CT molecular complexity index is 1280. The van der Waals surface area contributed by atoms with E-state index in [1.807, 2.05) is 0 Å². The predicted octanol–water partition coefficient (Wildman–Crippen LogP) is 4.12. The van der Waals surface area contributed by atoms with Gasteiger partial charge in [-0.05, 0) is 104 Å². The van der Waals surface area contributed by atoms with Crippen molar-refractivity contribution >= 4 is 11.9 Å². The Kier molecular flexibility index (Phi) is 8.18. The van der Waals surface area contributed by atoms with E-state index in [0.717, 1.165) is 31.3 Å². The van der Waals surface area contributed by atoms with Crippen LogP contribution in [0.2, 0.25) is 0 Å². The Labute approximate surface area is 272 Å². The van der Waals surface area contributed by atoms with E-state index < -0.39 is 70.9 Å². The topological polar surface area (TPSA) is 174 Å². The number of hydrogen-bond donors (Lipinski definition) is 6. The van der Waals surface area contributed by atoms with Crippen molar-refractivity contribution < 1.29 is 49.7 Å². The van der Waals surface area contributed by atoms with E-state index in [1.165, 1.54) is 0 Å². The number of aliphatic carboxylic acids is 2. The number of carboxylic acids is 2. The number of fused-ring (bicyclic) bond motifs is 7. The monoisotopic (exact) mass is 648 g/mol. The van der Waals surface area contributed by atoms with Gasteiger partial charge < -0.3 is 40.1 Å². The fraction of sp³-hybridized carbons (Fsp3) is 0.889. The fourth-order valence-corrected chi connectivity index (χ4v) is 12.3. The van der Waals surface area contributed by atoms with Crippen LogP contribution in [0.1, 0.15) is 106 Å². The van der Waals surface area contributed by atoms with Gasteiger partial charge in [0, 0.05) is 0 Å². The molecule has 5 fully saturated rings. The molecule has 10 heteroatoms. The minimum Gasteiger partial charge on any atom is -0.481 e. The van der Waals surface area contributed by atoms with Gasteiger partial charge in [0.15, 0.2) is 6.29 Å². The summed E-state index contributed by atoms with van der Waals surface area (Å²) in [5.74, 6) is -1.65. The summed E-state index contributed by atoms with van der Waals surface area (Å²) in [6.07, 6.45) is 1.58. The standard InChI is InChI=1S/C36H56O10/c1-31(2)13-14-35(29(41)42)15-16-36(30(43)44)19(20(35)17-31)7-8-23-33(5)11-10-24(32(3,4)22(33)9-12-34(23,36)6)46-28-27(40)26(39)25(38)21(18-37)45-28/h7,20-28,37-40H,8-18H2,1-6H3,(H,41,42)(H,43,44)/t20-,21-,22+,23-,24+,25-,26+,27-,28+,33+,34-,35+,36-/m1/s1. The predicted molar refractivity (Wildman–Crippen MR) is 167 cm³/mol. The number of allylic oxidation sites excluding steroid dienone is 1. The molecule has 0 aromatic heterocycles. The molecule has 0 bridgehead atoms. The third-order valence-electron chi connectivity index (χ3n) is 15.0. The van der Waals surface area contributed by atoms with Crippen molar-refractivity contribution in [1.82, 2.24) is 0 Å². The van der Waals surface area contributed by atoms with E-state index in [2.05, 4.69) is 47.6 Å². The highest BCUT2D eigenvalue weighted by Gasteiger charge is 2.73. The molecule has 46 heavy (non-hydrogen) atoms. The average molecular weight is 649 g/mol. The van der Waals surface area contributed by atoms with Crippen LogP contribution in [0.3, 0.4) is 0 Å². The Hall–Kier alpha value is -1.56. The molecule has 0 aromatic rings. The van der Waals surface area contributed by atoms with Crippen LogP contribution in [0.4, 0.5) is 0 Å². The largest absolute Gasteiger partial charge is 0.481 e. The Morgan fingerprint density at radius 3 is 2.15 bits per heavy atom. The van der Waals surface area contributed by atoms with Gasteiger partial charge in [-0.15, -0.1) is 0 Å². The minimum absolute atomic E-state index is 0.0587. The van der Waals surface area contributed by atoms with Crippen LogP contribution in [0.5, 0.6) is 0 Å². The zero-order chi connectivity index (χ0) is 33.8. The van der Waals surface area contributed by atoms with Crippen molar-refractivity contribution in [2.24, 2.45) is 50.2 Å². The Balaban J connectivity index is 1.34. The van der Waals surface area contributed by atoms with Crippen molar-refractivity contribution in [1.29, 1.82) is 0 Å². The lowest BCUT2D eigenvalue weighted by Crippen LogP contribution is -2.68. The van der Waals surface area contributed by atoms with E-state index >= 15 is 0 Å². The third kappa shape index (κ3) is 4.49. The van der Waals surface area contributed by atoms with Crippen LogP contribution < -0.4 is 0 Å². The molecule has 0 amide bonds. The van der Waals surface area contributed by atoms with E-state index in [0.29, 0.717) is 38.5 Å². The first-order valence-corrected chi connectivity index (χ1v) is 17.5. The van der Waals surface area contributed by atoms with Crippen LogP contribution in [0.25, 0.3) is 0 Å². The number of aliphatic hydroxyl groups excluding tert-OH is 4. The van der Waals surface area contributed by atoms with E-state index in [4.69, 9.17) is 9.47 Å². The molecule has 1 aliphatic heterocycles. The normalized spacial score (nSPS) is 51.0. The SMILES string of the molecule is CC1(C)CC[C@]2(C(=O)O)CC[C@]3(C(=O)O)C(=CC[C@@H]4[C@@]5(C)CC[C@H](O[C@@H]6O[C@H](CO)[C@@H](O)[C@H](O)[C@H]6O)C(C)(C)[C@@H]5CC[C@]43C)[C@H]2C1. The molecule has 1 saturated heterocycles. The molecule has 10 nitrogen and oxygen atoms in total. The molecule has 0 aromatic carbocycles. The molecule has 0 spiro atoms. The lowest BCUT2D eigenvalue weighted by Gasteiger charge is -2.70. The number of ether oxygens (including phenoxy) is 2. The van der Waals surface area contributed by atoms with Crippen LogP contribution in [0.15, 0.2) is 11.6 Å². The second-order valence-electron chi connectivity index (χ2n) is 17.7. The highest BCUT2D eigenvalue weighted by Crippen LogP contribution is 2.76. The first kappa shape index (κ1) is 34.3. The van der Waals surface area contributed by atoms with E-state index in [9.17, 15) is 40.2 Å². The minimum atomic E-state index is -1.51. The number of carbonyl (C=O) groups is 2. The average Bonchev–Trinajstić information content (AvgIpc) is 2.97. The number of hydrogen-bond acceptors (Lipinski definition) is 8. The molecule has 1 heterocycles. The zero-order valence-corrected chi connectivity index (χ0v) is 28.4. The summed E-state index contributed by atoms with van der Waals surface area (Å²) in [4.78, 5) is 26.7. The first-order chi connectivity index (χ1) is 21.3. The second-order valence-corrected chi connectivity index (χ2v) is 17.7. The highest BCUT2D eigenvalue weighted by atomic mass is 16.7. The van der Waals surface area contributed by atoms with Gasteiger partial charge in [0.05, 0.1) is 23.5 Å². The zero-order valence-electron chi connectivity index (χ0n) is 28.4. The number of aliphatic hydroxyl groups is 4. The van der Waals surface area contributed by atoms with Gasteiger partial charge in [-0.1, -0.05) is 53.2 Å². The van der Waals surface area contributed by atoms with Crippen molar-refractivity contribution in [3.63, 3.8) is 0 Å². The molecule has 6 aliphatic rings. The molecular formula is C36H56O10. The van der Waals surface area contributed by atoms with Gasteiger partial charge in [0.2, 0.25) is 0 Å². The maximum Gasteiger partial charge on any atom is 0.314 e. The number of rotatable bonds is 5. The van der Waals surface area contributed by atoms with Crippen LogP contribution in [-0.4, -0.2) is 86.0 Å². The van der Waals surface area contributed by atoms with Gasteiger partial charge in [0.25, 0.3) is 0 Å². The van der Waals surface area contributed by atoms with Crippen molar-refractivity contribution in [2.75, 3.05) is 6.61 Å². The smallest absolute Gasteiger partial charge is 0.314 e. The van der Waals surface area contributed by atoms with Crippen molar-refractivity contribution in [2.45, 2.75) is 143 Å². The lowest BCUT2D eigenvalue weighted by molar-refractivity contribution is -0.330. The summed E-state index contributed by atoms with van der Waals surface area (Å²) in [7, 11) is 0. The summed E-state index contributed by atoms with van der Waals surface area (Å²) < 4.78 is 12.1. The molecule has 0 radical (unpaired) electrons. The molecular weight excluding hydrogens is 592 g/mol. The summed E-state index contributed by atoms with van der Waals surface area (Å²) in [6, 6.07) is 0. The molecule has 13 atom stereocenters. The highest BCUT2D eigenvalue weighted by molar-refractivity contribution is 5.84. The third-order valence-corrected chi connectivity index (χ3v) is 15.0. The Morgan fingerprint density at radius 1 is 0.848 bits per heavy atom. The van der Waals surface area contributed by atoms with E-state index in [1.54, 1.807) is 0 Å². The molecule has 260 valence electrons. The molecule has 5 aliphatic carbocycles. The summed E-state index contributed by atoms with van der Waals surface area (Å²) in [5, 5.41) is 62.9. The van der Waals surface area contributed by atoms with Crippen LogP contribution >= 0.6 is 0 Å². The molecule has 6 rings (SSSR count). The fourth-order valence-electron chi connectivity index (χ4n) is 12.3. The Morgan fingerprint density at radius 2 is 1.52 bits per heavy atom. The van der Waals surface area contributed by atoms with Crippen LogP contribution in [0, 0.1) is 50.2 Å². The molecule has 0 unspecified atom stereocenters. The summed E-state index contributed by atoms with van der Waals surface area (Å²) in [5.41, 5.74) is -2.38. The molecule has 4 saturated carbocycles. The maximum atomic E-state index is 13.8. The van der Waals surface area contributed by atoms with Gasteiger partial charge in [-0.25, -0.2) is 0 Å². The molecule has 6 N–H and O–H groups in total. The van der Waals surface area contributed by atoms with Crippen molar-refractivity contribution in [3.05, 3.63) is 11.6 Å². The lowest BCUT2D eigenvalue weighted by atomic mass is 9.33. The van der Waals surface area contributed by atoms with Crippen molar-refractivity contribution in [3.8, 4) is 0 Å². The second kappa shape index (κ2) is 11.0. The maximum absolute atomic E-state index is 13.8. The number of carboxylic acid groups (broad SMARTS) is 2.